The van der Waals surface area contributed by atoms with Crippen LogP contribution in [0.1, 0.15) is 32.6 Å². The maximum atomic E-state index is 12.7. The normalized spacial score (nSPS) is 12.3. The van der Waals surface area contributed by atoms with E-state index in [0.717, 1.165) is 16.7 Å². The van der Waals surface area contributed by atoms with Gasteiger partial charge in [0.2, 0.25) is 0 Å². The summed E-state index contributed by atoms with van der Waals surface area (Å²) in [4.78, 5) is 18.2. The van der Waals surface area contributed by atoms with Gasteiger partial charge in [0, 0.05) is 22.3 Å². The minimum Gasteiger partial charge on any atom is -0.390 e. The molecule has 3 nitrogen and oxygen atoms in total. The molecule has 24 heavy (non-hydrogen) atoms. The smallest absolute Gasteiger partial charge is 0.194 e. The summed E-state index contributed by atoms with van der Waals surface area (Å²) in [6, 6.07) is 24.9. The Kier molecular flexibility index (Phi) is 3.67. The van der Waals surface area contributed by atoms with Crippen molar-refractivity contribution < 1.29 is 9.63 Å². The lowest BCUT2D eigenvalue weighted by atomic mass is 9.84. The molecule has 0 N–H and O–H groups in total. The quantitative estimate of drug-likeness (QED) is 0.532. The molecule has 0 radical (unpaired) electrons. The number of carbonyl (C=O) groups is 1. The maximum Gasteiger partial charge on any atom is 0.194 e. The van der Waals surface area contributed by atoms with Gasteiger partial charge in [0.1, 0.15) is 12.3 Å². The van der Waals surface area contributed by atoms with Crippen LogP contribution in [0.5, 0.6) is 0 Å². The second-order valence-electron chi connectivity index (χ2n) is 5.62. The molecule has 3 aromatic carbocycles. The van der Waals surface area contributed by atoms with Crippen molar-refractivity contribution in [2.45, 2.75) is 6.61 Å². The second kappa shape index (κ2) is 6.13. The van der Waals surface area contributed by atoms with Gasteiger partial charge in [-0.3, -0.25) is 4.79 Å². The first kappa shape index (κ1) is 14.4. The fourth-order valence-corrected chi connectivity index (χ4v) is 2.91. The Labute approximate surface area is 140 Å². The van der Waals surface area contributed by atoms with Crippen LogP contribution in [0.15, 0.2) is 84.0 Å². The van der Waals surface area contributed by atoms with E-state index < -0.39 is 0 Å². The molecular weight excluding hydrogens is 298 g/mol. The molecule has 0 saturated heterocycles. The Morgan fingerprint density at radius 1 is 0.667 bits per heavy atom. The van der Waals surface area contributed by atoms with Gasteiger partial charge in [0.05, 0.1) is 0 Å². The van der Waals surface area contributed by atoms with Crippen LogP contribution < -0.4 is 0 Å². The van der Waals surface area contributed by atoms with Crippen molar-refractivity contribution >= 4 is 11.5 Å². The van der Waals surface area contributed by atoms with Gasteiger partial charge in [-0.2, -0.15) is 0 Å². The van der Waals surface area contributed by atoms with E-state index >= 15 is 0 Å². The summed E-state index contributed by atoms with van der Waals surface area (Å²) in [5, 5.41) is 4.36. The van der Waals surface area contributed by atoms with E-state index in [0.29, 0.717) is 23.4 Å². The number of carbonyl (C=O) groups excluding carboxylic acids is 1. The van der Waals surface area contributed by atoms with Crippen molar-refractivity contribution in [3.8, 4) is 0 Å². The van der Waals surface area contributed by atoms with Crippen LogP contribution in [0.4, 0.5) is 0 Å². The Morgan fingerprint density at radius 3 is 1.75 bits per heavy atom. The Bertz CT molecular complexity index is 878. The molecule has 1 aliphatic rings. The molecule has 0 bridgehead atoms. The van der Waals surface area contributed by atoms with Crippen LogP contribution in [0.2, 0.25) is 0 Å². The highest BCUT2D eigenvalue weighted by atomic mass is 16.6. The molecule has 3 heteroatoms. The first-order chi connectivity index (χ1) is 11.8. The molecule has 0 saturated carbocycles. The monoisotopic (exact) mass is 313 g/mol. The van der Waals surface area contributed by atoms with Crippen molar-refractivity contribution in [2.75, 3.05) is 0 Å². The lowest BCUT2D eigenvalue weighted by Crippen LogP contribution is -2.21. The van der Waals surface area contributed by atoms with Gasteiger partial charge in [0.15, 0.2) is 5.78 Å². The van der Waals surface area contributed by atoms with Crippen LogP contribution >= 0.6 is 0 Å². The van der Waals surface area contributed by atoms with Crippen molar-refractivity contribution in [1.29, 1.82) is 0 Å². The van der Waals surface area contributed by atoms with Gasteiger partial charge in [-0.05, 0) is 5.56 Å². The van der Waals surface area contributed by atoms with Gasteiger partial charge in [0.25, 0.3) is 0 Å². The van der Waals surface area contributed by atoms with E-state index in [1.165, 1.54) is 0 Å². The summed E-state index contributed by atoms with van der Waals surface area (Å²) in [6.45, 7) is 0.391. The van der Waals surface area contributed by atoms with Crippen LogP contribution in [-0.4, -0.2) is 11.5 Å². The zero-order chi connectivity index (χ0) is 16.4. The van der Waals surface area contributed by atoms with E-state index in [1.54, 1.807) is 0 Å². The third-order valence-electron chi connectivity index (χ3n) is 4.08. The van der Waals surface area contributed by atoms with Crippen LogP contribution in [-0.2, 0) is 11.4 Å². The molecule has 0 aromatic heterocycles. The topological polar surface area (TPSA) is 38.7 Å². The van der Waals surface area contributed by atoms with Gasteiger partial charge in [-0.25, -0.2) is 0 Å². The zero-order valence-corrected chi connectivity index (χ0v) is 13.0. The van der Waals surface area contributed by atoms with Gasteiger partial charge >= 0.3 is 0 Å². The Morgan fingerprint density at radius 2 is 1.17 bits per heavy atom. The molecule has 0 amide bonds. The molecule has 0 spiro atoms. The minimum absolute atomic E-state index is 0.0307. The number of fused-ring (bicyclic) bond motifs is 2. The Balaban J connectivity index is 1.73. The van der Waals surface area contributed by atoms with E-state index in [4.69, 9.17) is 4.84 Å². The molecule has 0 aliphatic heterocycles. The SMILES string of the molecule is O=C1c2ccccc2C(=NOCc2ccccc2)c2ccccc21. The molecule has 0 heterocycles. The number of hydrogen-bond acceptors (Lipinski definition) is 3. The highest BCUT2D eigenvalue weighted by molar-refractivity contribution is 6.29. The minimum atomic E-state index is 0.0307. The van der Waals surface area contributed by atoms with E-state index in [9.17, 15) is 4.79 Å². The van der Waals surface area contributed by atoms with E-state index in [2.05, 4.69) is 5.16 Å². The molecule has 3 aromatic rings. The summed E-state index contributed by atoms with van der Waals surface area (Å²) in [7, 11) is 0. The van der Waals surface area contributed by atoms with Crippen molar-refractivity contribution in [1.82, 2.24) is 0 Å². The Hall–Kier alpha value is -3.20. The summed E-state index contributed by atoms with van der Waals surface area (Å²) in [5.74, 6) is 0.0307. The predicted molar refractivity (Wildman–Crippen MR) is 93.2 cm³/mol. The summed E-state index contributed by atoms with van der Waals surface area (Å²) >= 11 is 0. The number of oxime groups is 1. The average molecular weight is 313 g/mol. The molecular formula is C21H15NO2. The third-order valence-corrected chi connectivity index (χ3v) is 4.08. The maximum absolute atomic E-state index is 12.7. The predicted octanol–water partition coefficient (Wildman–Crippen LogP) is 4.20. The number of ketones is 1. The molecule has 1 aliphatic carbocycles. The molecule has 0 unspecified atom stereocenters. The molecule has 4 rings (SSSR count). The van der Waals surface area contributed by atoms with Gasteiger partial charge < -0.3 is 4.84 Å². The number of rotatable bonds is 3. The second-order valence-corrected chi connectivity index (χ2v) is 5.62. The largest absolute Gasteiger partial charge is 0.390 e. The van der Waals surface area contributed by atoms with Crippen molar-refractivity contribution in [3.05, 3.63) is 107 Å². The highest BCUT2D eigenvalue weighted by Crippen LogP contribution is 2.27. The first-order valence-electron chi connectivity index (χ1n) is 7.82. The van der Waals surface area contributed by atoms with Crippen LogP contribution in [0.25, 0.3) is 0 Å². The van der Waals surface area contributed by atoms with Crippen LogP contribution in [0.3, 0.4) is 0 Å². The molecule has 0 atom stereocenters. The number of hydrogen-bond donors (Lipinski definition) is 0. The van der Waals surface area contributed by atoms with Gasteiger partial charge in [-0.1, -0.05) is 84.0 Å². The fourth-order valence-electron chi connectivity index (χ4n) is 2.91. The van der Waals surface area contributed by atoms with Crippen molar-refractivity contribution in [3.63, 3.8) is 0 Å². The standard InChI is InChI=1S/C21H15NO2/c23-21-18-12-6-4-10-16(18)20(17-11-5-7-13-19(17)21)22-24-14-15-8-2-1-3-9-15/h1-13H,14H2. The fraction of sp³-hybridized carbons (Fsp3) is 0.0476. The van der Waals surface area contributed by atoms with Gasteiger partial charge in [-0.15, -0.1) is 0 Å². The molecule has 116 valence electrons. The van der Waals surface area contributed by atoms with Crippen molar-refractivity contribution in [2.24, 2.45) is 5.16 Å². The first-order valence-corrected chi connectivity index (χ1v) is 7.82. The summed E-state index contributed by atoms with van der Waals surface area (Å²) in [6.07, 6.45) is 0. The zero-order valence-electron chi connectivity index (χ0n) is 13.0. The average Bonchev–Trinajstić information content (AvgIpc) is 2.65. The summed E-state index contributed by atoms with van der Waals surface area (Å²) in [5.41, 5.74) is 4.71. The van der Waals surface area contributed by atoms with Crippen LogP contribution in [0, 0.1) is 0 Å². The lowest BCUT2D eigenvalue weighted by molar-refractivity contribution is 0.103. The molecule has 0 fully saturated rings. The van der Waals surface area contributed by atoms with E-state index in [-0.39, 0.29) is 5.78 Å². The summed E-state index contributed by atoms with van der Waals surface area (Å²) < 4.78 is 0. The number of nitrogens with zero attached hydrogens (tertiary/aromatic N) is 1. The lowest BCUT2D eigenvalue weighted by Gasteiger charge is -2.19. The number of benzene rings is 3. The highest BCUT2D eigenvalue weighted by Gasteiger charge is 2.27. The van der Waals surface area contributed by atoms with E-state index in [1.807, 2.05) is 78.9 Å². The third kappa shape index (κ3) is 2.50.